The fourth-order valence-electron chi connectivity index (χ4n) is 1.43. The molecule has 0 amide bonds. The maximum atomic E-state index is 5.44. The molecule has 0 unspecified atom stereocenters. The number of aromatic nitrogens is 2. The van der Waals surface area contributed by atoms with Gasteiger partial charge in [-0.25, -0.2) is 4.98 Å². The molecule has 2 rings (SSSR count). The van der Waals surface area contributed by atoms with Crippen LogP contribution in [0.25, 0.3) is 0 Å². The molecule has 1 heterocycles. The van der Waals surface area contributed by atoms with Gasteiger partial charge >= 0.3 is 0 Å². The molecule has 1 aliphatic carbocycles. The van der Waals surface area contributed by atoms with Crippen LogP contribution in [0, 0.1) is 0 Å². The van der Waals surface area contributed by atoms with Gasteiger partial charge in [-0.1, -0.05) is 6.92 Å². The third-order valence-corrected chi connectivity index (χ3v) is 2.52. The van der Waals surface area contributed by atoms with Crippen molar-refractivity contribution < 1.29 is 4.74 Å². The molecule has 0 saturated heterocycles. The Balaban J connectivity index is 1.92. The number of anilines is 1. The Morgan fingerprint density at radius 1 is 1.53 bits per heavy atom. The normalized spacial score (nSPS) is 15.8. The largest absolute Gasteiger partial charge is 0.478 e. The van der Waals surface area contributed by atoms with Crippen LogP contribution in [0.5, 0.6) is 5.88 Å². The molecule has 1 aliphatic rings. The molecule has 0 bridgehead atoms. The second kappa shape index (κ2) is 4.96. The number of nitrogens with zero attached hydrogens (tertiary/aromatic N) is 2. The van der Waals surface area contributed by atoms with E-state index in [9.17, 15) is 0 Å². The highest BCUT2D eigenvalue weighted by molar-refractivity contribution is 5.29. The molecular formula is C11H17N3O. The Hall–Kier alpha value is -1.32. The summed E-state index contributed by atoms with van der Waals surface area (Å²) in [7, 11) is 0. The molecule has 4 heteroatoms. The minimum Gasteiger partial charge on any atom is -0.478 e. The topological polar surface area (TPSA) is 47.0 Å². The molecule has 4 nitrogen and oxygen atoms in total. The third kappa shape index (κ3) is 2.81. The van der Waals surface area contributed by atoms with E-state index >= 15 is 0 Å². The van der Waals surface area contributed by atoms with Gasteiger partial charge in [0.1, 0.15) is 0 Å². The van der Waals surface area contributed by atoms with Crippen molar-refractivity contribution in [1.29, 1.82) is 0 Å². The van der Waals surface area contributed by atoms with Crippen molar-refractivity contribution in [2.75, 3.05) is 11.9 Å². The average Bonchev–Trinajstić information content (AvgIpc) is 2.21. The monoisotopic (exact) mass is 207 g/mol. The molecule has 1 saturated carbocycles. The van der Waals surface area contributed by atoms with E-state index in [2.05, 4.69) is 22.2 Å². The molecule has 0 aromatic carbocycles. The Bertz CT molecular complexity index is 312. The van der Waals surface area contributed by atoms with Gasteiger partial charge in [-0.2, -0.15) is 4.98 Å². The van der Waals surface area contributed by atoms with Crippen molar-refractivity contribution >= 4 is 5.95 Å². The van der Waals surface area contributed by atoms with Gasteiger partial charge in [-0.15, -0.1) is 0 Å². The lowest BCUT2D eigenvalue weighted by atomic mass is 9.93. The average molecular weight is 207 g/mol. The van der Waals surface area contributed by atoms with Crippen LogP contribution in [0.3, 0.4) is 0 Å². The van der Waals surface area contributed by atoms with Crippen molar-refractivity contribution in [3.8, 4) is 5.88 Å². The van der Waals surface area contributed by atoms with Crippen LogP contribution in [0.15, 0.2) is 12.3 Å². The summed E-state index contributed by atoms with van der Waals surface area (Å²) in [5.74, 6) is 1.35. The first kappa shape index (κ1) is 10.2. The smallest absolute Gasteiger partial charge is 0.226 e. The van der Waals surface area contributed by atoms with Crippen molar-refractivity contribution in [3.63, 3.8) is 0 Å². The number of nitrogens with one attached hydrogen (secondary N) is 1. The summed E-state index contributed by atoms with van der Waals surface area (Å²) >= 11 is 0. The highest BCUT2D eigenvalue weighted by Gasteiger charge is 2.17. The Kier molecular flexibility index (Phi) is 3.37. The van der Waals surface area contributed by atoms with Crippen molar-refractivity contribution in [2.45, 2.75) is 38.6 Å². The molecule has 15 heavy (non-hydrogen) atoms. The number of rotatable bonds is 5. The molecule has 1 aromatic rings. The fourth-order valence-corrected chi connectivity index (χ4v) is 1.43. The molecule has 1 aromatic heterocycles. The molecule has 82 valence electrons. The van der Waals surface area contributed by atoms with Gasteiger partial charge in [0.05, 0.1) is 6.61 Å². The van der Waals surface area contributed by atoms with E-state index in [1.54, 1.807) is 12.3 Å². The van der Waals surface area contributed by atoms with Crippen LogP contribution in [-0.4, -0.2) is 22.6 Å². The summed E-state index contributed by atoms with van der Waals surface area (Å²) in [5.41, 5.74) is 0. The molecule has 0 spiro atoms. The van der Waals surface area contributed by atoms with Gasteiger partial charge in [-0.05, 0) is 25.7 Å². The van der Waals surface area contributed by atoms with Gasteiger partial charge in [0.25, 0.3) is 0 Å². The summed E-state index contributed by atoms with van der Waals surface area (Å²) < 4.78 is 5.44. The van der Waals surface area contributed by atoms with Gasteiger partial charge < -0.3 is 10.1 Å². The van der Waals surface area contributed by atoms with E-state index in [1.807, 2.05) is 0 Å². The van der Waals surface area contributed by atoms with Crippen LogP contribution in [-0.2, 0) is 0 Å². The van der Waals surface area contributed by atoms with Crippen LogP contribution in [0.1, 0.15) is 32.6 Å². The van der Waals surface area contributed by atoms with E-state index in [1.165, 1.54) is 19.3 Å². The zero-order valence-electron chi connectivity index (χ0n) is 9.07. The first-order valence-electron chi connectivity index (χ1n) is 5.61. The fraction of sp³-hybridized carbons (Fsp3) is 0.636. The zero-order chi connectivity index (χ0) is 10.5. The Morgan fingerprint density at radius 3 is 3.07 bits per heavy atom. The van der Waals surface area contributed by atoms with E-state index in [0.29, 0.717) is 24.5 Å². The Morgan fingerprint density at radius 2 is 2.40 bits per heavy atom. The lowest BCUT2D eigenvalue weighted by molar-refractivity contribution is 0.305. The lowest BCUT2D eigenvalue weighted by Gasteiger charge is -2.26. The van der Waals surface area contributed by atoms with Crippen molar-refractivity contribution in [1.82, 2.24) is 9.97 Å². The zero-order valence-corrected chi connectivity index (χ0v) is 9.07. The highest BCUT2D eigenvalue weighted by Crippen LogP contribution is 2.22. The molecular weight excluding hydrogens is 190 g/mol. The number of hydrogen-bond donors (Lipinski definition) is 1. The molecule has 0 radical (unpaired) electrons. The molecule has 1 fully saturated rings. The molecule has 0 aliphatic heterocycles. The first-order valence-corrected chi connectivity index (χ1v) is 5.61. The summed E-state index contributed by atoms with van der Waals surface area (Å²) in [6.07, 6.45) is 6.49. The van der Waals surface area contributed by atoms with E-state index in [-0.39, 0.29) is 0 Å². The quantitative estimate of drug-likeness (QED) is 0.804. The van der Waals surface area contributed by atoms with Crippen LogP contribution >= 0.6 is 0 Å². The highest BCUT2D eigenvalue weighted by atomic mass is 16.5. The van der Waals surface area contributed by atoms with Crippen LogP contribution in [0.2, 0.25) is 0 Å². The minimum atomic E-state index is 0.562. The van der Waals surface area contributed by atoms with Crippen molar-refractivity contribution in [3.05, 3.63) is 12.3 Å². The minimum absolute atomic E-state index is 0.562. The van der Waals surface area contributed by atoms with Gasteiger partial charge in [0, 0.05) is 18.3 Å². The van der Waals surface area contributed by atoms with E-state index in [0.717, 1.165) is 6.42 Å². The van der Waals surface area contributed by atoms with Crippen LogP contribution in [0.4, 0.5) is 5.95 Å². The van der Waals surface area contributed by atoms with Crippen molar-refractivity contribution in [2.24, 2.45) is 0 Å². The number of ether oxygens (including phenoxy) is 1. The standard InChI is InChI=1S/C11H17N3O/c1-2-8-15-10-6-7-12-11(14-10)13-9-4-3-5-9/h6-7,9H,2-5,8H2,1H3,(H,12,13,14). The first-order chi connectivity index (χ1) is 7.38. The lowest BCUT2D eigenvalue weighted by Crippen LogP contribution is -2.28. The predicted octanol–water partition coefficient (Wildman–Crippen LogP) is 2.23. The summed E-state index contributed by atoms with van der Waals surface area (Å²) in [6.45, 7) is 2.79. The third-order valence-electron chi connectivity index (χ3n) is 2.52. The summed E-state index contributed by atoms with van der Waals surface area (Å²) in [5, 5.41) is 3.29. The Labute approximate surface area is 90.1 Å². The second-order valence-electron chi connectivity index (χ2n) is 3.84. The number of hydrogen-bond acceptors (Lipinski definition) is 4. The summed E-state index contributed by atoms with van der Waals surface area (Å²) in [6, 6.07) is 2.35. The maximum Gasteiger partial charge on any atom is 0.226 e. The van der Waals surface area contributed by atoms with Gasteiger partial charge in [-0.3, -0.25) is 0 Å². The molecule has 1 N–H and O–H groups in total. The predicted molar refractivity (Wildman–Crippen MR) is 59.1 cm³/mol. The van der Waals surface area contributed by atoms with Gasteiger partial charge in [0.15, 0.2) is 0 Å². The van der Waals surface area contributed by atoms with E-state index in [4.69, 9.17) is 4.74 Å². The molecule has 0 atom stereocenters. The van der Waals surface area contributed by atoms with Crippen LogP contribution < -0.4 is 10.1 Å². The SMILES string of the molecule is CCCOc1ccnc(NC2CCC2)n1. The van der Waals surface area contributed by atoms with E-state index < -0.39 is 0 Å². The maximum absolute atomic E-state index is 5.44. The summed E-state index contributed by atoms with van der Waals surface area (Å²) in [4.78, 5) is 8.45. The second-order valence-corrected chi connectivity index (χ2v) is 3.84. The van der Waals surface area contributed by atoms with Gasteiger partial charge in [0.2, 0.25) is 11.8 Å².